The fourth-order valence-electron chi connectivity index (χ4n) is 2.25. The Balaban J connectivity index is 1.98. The minimum atomic E-state index is -0.409. The summed E-state index contributed by atoms with van der Waals surface area (Å²) in [5, 5.41) is 14.5. The summed E-state index contributed by atoms with van der Waals surface area (Å²) in [6.45, 7) is 0.456. The van der Waals surface area contributed by atoms with E-state index in [-0.39, 0.29) is 11.5 Å². The first-order valence-electron chi connectivity index (χ1n) is 7.90. The largest absolute Gasteiger partial charge is 0.355 e. The molecule has 25 heavy (non-hydrogen) atoms. The van der Waals surface area contributed by atoms with Crippen molar-refractivity contribution in [2.75, 3.05) is 13.6 Å². The van der Waals surface area contributed by atoms with E-state index >= 15 is 0 Å². The molecule has 0 aromatic heterocycles. The van der Waals surface area contributed by atoms with Gasteiger partial charge in [0.15, 0.2) is 0 Å². The number of rotatable bonds is 6. The fraction of sp³-hybridized carbons (Fsp3) is 0.150. The van der Waals surface area contributed by atoms with Gasteiger partial charge in [0.2, 0.25) is 0 Å². The topological polar surface area (TPSA) is 82.0 Å². The molecule has 0 atom stereocenters. The van der Waals surface area contributed by atoms with Gasteiger partial charge < -0.3 is 10.6 Å². The van der Waals surface area contributed by atoms with E-state index in [1.54, 1.807) is 31.3 Å². The highest BCUT2D eigenvalue weighted by Gasteiger charge is 2.09. The van der Waals surface area contributed by atoms with Crippen LogP contribution in [0.25, 0.3) is 6.08 Å². The van der Waals surface area contributed by atoms with Gasteiger partial charge in [-0.2, -0.15) is 5.26 Å². The lowest BCUT2D eigenvalue weighted by atomic mass is 10.1. The summed E-state index contributed by atoms with van der Waals surface area (Å²) < 4.78 is 0. The molecule has 0 spiro atoms. The molecule has 2 N–H and O–H groups in total. The number of hydrogen-bond donors (Lipinski definition) is 2. The molecule has 0 aliphatic carbocycles. The Kier molecular flexibility index (Phi) is 6.49. The Morgan fingerprint density at radius 2 is 1.76 bits per heavy atom. The highest BCUT2D eigenvalue weighted by molar-refractivity contribution is 6.01. The van der Waals surface area contributed by atoms with Crippen LogP contribution in [0, 0.1) is 11.3 Å². The molecule has 2 rings (SSSR count). The second kappa shape index (κ2) is 9.04. The number of benzene rings is 2. The van der Waals surface area contributed by atoms with E-state index < -0.39 is 5.91 Å². The monoisotopic (exact) mass is 333 g/mol. The molecule has 126 valence electrons. The second-order valence-corrected chi connectivity index (χ2v) is 5.36. The van der Waals surface area contributed by atoms with E-state index in [9.17, 15) is 14.9 Å². The predicted octanol–water partition coefficient (Wildman–Crippen LogP) is 2.31. The number of nitrogens with zero attached hydrogens (tertiary/aromatic N) is 1. The Bertz CT molecular complexity index is 803. The minimum absolute atomic E-state index is 0.0285. The van der Waals surface area contributed by atoms with E-state index in [1.807, 2.05) is 36.4 Å². The van der Waals surface area contributed by atoms with Crippen molar-refractivity contribution in [1.82, 2.24) is 10.6 Å². The molecule has 2 amide bonds. The molecule has 0 unspecified atom stereocenters. The lowest BCUT2D eigenvalue weighted by Crippen LogP contribution is -2.26. The normalized spacial score (nSPS) is 10.6. The zero-order valence-electron chi connectivity index (χ0n) is 14.0. The van der Waals surface area contributed by atoms with E-state index in [2.05, 4.69) is 10.6 Å². The van der Waals surface area contributed by atoms with E-state index in [0.29, 0.717) is 24.1 Å². The molecule has 0 saturated carbocycles. The molecule has 0 heterocycles. The van der Waals surface area contributed by atoms with Crippen LogP contribution in [0.1, 0.15) is 21.5 Å². The van der Waals surface area contributed by atoms with Gasteiger partial charge in [-0.3, -0.25) is 9.59 Å². The maximum Gasteiger partial charge on any atom is 0.261 e. The quantitative estimate of drug-likeness (QED) is 0.629. The van der Waals surface area contributed by atoms with Crippen LogP contribution in [0.2, 0.25) is 0 Å². The zero-order chi connectivity index (χ0) is 18.1. The van der Waals surface area contributed by atoms with Crippen LogP contribution in [0.4, 0.5) is 0 Å². The van der Waals surface area contributed by atoms with Gasteiger partial charge in [0.1, 0.15) is 11.6 Å². The van der Waals surface area contributed by atoms with Crippen LogP contribution in [0.3, 0.4) is 0 Å². The van der Waals surface area contributed by atoms with Crippen LogP contribution in [0.5, 0.6) is 0 Å². The number of carbonyl (C=O) groups excluding carboxylic acids is 2. The molecule has 0 bridgehead atoms. The second-order valence-electron chi connectivity index (χ2n) is 5.36. The number of nitriles is 1. The molecule has 0 aliphatic heterocycles. The summed E-state index contributed by atoms with van der Waals surface area (Å²) in [4.78, 5) is 23.6. The van der Waals surface area contributed by atoms with Crippen LogP contribution < -0.4 is 10.6 Å². The average molecular weight is 333 g/mol. The molecule has 5 nitrogen and oxygen atoms in total. The van der Waals surface area contributed by atoms with Crippen LogP contribution in [-0.2, 0) is 11.2 Å². The number of amides is 2. The highest BCUT2D eigenvalue weighted by atomic mass is 16.2. The third-order valence-corrected chi connectivity index (χ3v) is 3.62. The van der Waals surface area contributed by atoms with Crippen molar-refractivity contribution in [3.05, 3.63) is 76.9 Å². The smallest absolute Gasteiger partial charge is 0.261 e. The highest BCUT2D eigenvalue weighted by Crippen LogP contribution is 2.09. The molecule has 0 fully saturated rings. The van der Waals surface area contributed by atoms with Gasteiger partial charge in [-0.15, -0.1) is 0 Å². The maximum absolute atomic E-state index is 12.1. The average Bonchev–Trinajstić information content (AvgIpc) is 2.66. The zero-order valence-corrected chi connectivity index (χ0v) is 14.0. The molecule has 0 aliphatic rings. The van der Waals surface area contributed by atoms with Crippen molar-refractivity contribution in [3.63, 3.8) is 0 Å². The van der Waals surface area contributed by atoms with E-state index in [1.165, 1.54) is 6.08 Å². The van der Waals surface area contributed by atoms with E-state index in [4.69, 9.17) is 0 Å². The summed E-state index contributed by atoms with van der Waals surface area (Å²) in [5.74, 6) is -0.594. The van der Waals surface area contributed by atoms with Crippen molar-refractivity contribution in [2.24, 2.45) is 0 Å². The van der Waals surface area contributed by atoms with Crippen molar-refractivity contribution < 1.29 is 9.59 Å². The van der Waals surface area contributed by atoms with Gasteiger partial charge in [0.25, 0.3) is 11.8 Å². The van der Waals surface area contributed by atoms with Crippen molar-refractivity contribution in [2.45, 2.75) is 6.42 Å². The number of hydrogen-bond acceptors (Lipinski definition) is 3. The number of nitrogens with one attached hydrogen (secondary N) is 2. The Hall–Kier alpha value is -3.39. The summed E-state index contributed by atoms with van der Waals surface area (Å²) in [6.07, 6.45) is 2.21. The van der Waals surface area contributed by atoms with Crippen LogP contribution in [0.15, 0.2) is 60.2 Å². The summed E-state index contributed by atoms with van der Waals surface area (Å²) in [7, 11) is 1.56. The van der Waals surface area contributed by atoms with Crippen LogP contribution in [-0.4, -0.2) is 25.4 Å². The van der Waals surface area contributed by atoms with Gasteiger partial charge in [-0.1, -0.05) is 42.5 Å². The number of carbonyl (C=O) groups is 2. The third kappa shape index (κ3) is 5.33. The van der Waals surface area contributed by atoms with Gasteiger partial charge in [-0.25, -0.2) is 0 Å². The molecule has 0 saturated heterocycles. The van der Waals surface area contributed by atoms with Crippen molar-refractivity contribution >= 4 is 17.9 Å². The lowest BCUT2D eigenvalue weighted by Gasteiger charge is -2.05. The van der Waals surface area contributed by atoms with E-state index in [0.717, 1.165) is 5.56 Å². The summed E-state index contributed by atoms with van der Waals surface area (Å²) in [5.41, 5.74) is 2.35. The molecule has 2 aromatic rings. The Morgan fingerprint density at radius 3 is 2.36 bits per heavy atom. The van der Waals surface area contributed by atoms with Crippen LogP contribution >= 0.6 is 0 Å². The lowest BCUT2D eigenvalue weighted by molar-refractivity contribution is -0.117. The van der Waals surface area contributed by atoms with Gasteiger partial charge in [0, 0.05) is 19.2 Å². The van der Waals surface area contributed by atoms with Crippen molar-refractivity contribution in [1.29, 1.82) is 5.26 Å². The summed E-state index contributed by atoms with van der Waals surface area (Å²) >= 11 is 0. The molecular weight excluding hydrogens is 314 g/mol. The molecule has 2 aromatic carbocycles. The molecule has 5 heteroatoms. The first kappa shape index (κ1) is 18.0. The van der Waals surface area contributed by atoms with Gasteiger partial charge >= 0.3 is 0 Å². The molecular formula is C20H19N3O2. The van der Waals surface area contributed by atoms with Gasteiger partial charge in [0.05, 0.1) is 0 Å². The predicted molar refractivity (Wildman–Crippen MR) is 96.6 cm³/mol. The molecule has 0 radical (unpaired) electrons. The standard InChI is InChI=1S/C20H19N3O2/c1-22-19(24)17-9-7-16(8-10-17)13-18(14-21)20(25)23-12-11-15-5-3-2-4-6-15/h2-10,13H,11-12H2,1H3,(H,22,24)(H,23,25)/b18-13-. The minimum Gasteiger partial charge on any atom is -0.355 e. The van der Waals surface area contributed by atoms with Gasteiger partial charge in [-0.05, 0) is 35.8 Å². The van der Waals surface area contributed by atoms with Crippen molar-refractivity contribution in [3.8, 4) is 6.07 Å². The third-order valence-electron chi connectivity index (χ3n) is 3.62. The first-order valence-corrected chi connectivity index (χ1v) is 7.90. The fourth-order valence-corrected chi connectivity index (χ4v) is 2.25. The Morgan fingerprint density at radius 1 is 1.08 bits per heavy atom. The summed E-state index contributed by atoms with van der Waals surface area (Å²) in [6, 6.07) is 18.4. The maximum atomic E-state index is 12.1. The SMILES string of the molecule is CNC(=O)c1ccc(/C=C(/C#N)C(=O)NCCc2ccccc2)cc1. The first-order chi connectivity index (χ1) is 12.1. The Labute approximate surface area is 147 Å².